The highest BCUT2D eigenvalue weighted by Gasteiger charge is 2.43. The summed E-state index contributed by atoms with van der Waals surface area (Å²) in [7, 11) is 0. The van der Waals surface area contributed by atoms with E-state index in [-0.39, 0.29) is 11.7 Å². The fourth-order valence-electron chi connectivity index (χ4n) is 4.99. The summed E-state index contributed by atoms with van der Waals surface area (Å²) in [5, 5.41) is 14.8. The monoisotopic (exact) mass is 426 g/mol. The van der Waals surface area contributed by atoms with Gasteiger partial charge in [0.25, 0.3) is 0 Å². The number of aromatic nitrogens is 1. The van der Waals surface area contributed by atoms with Crippen LogP contribution in [0.25, 0.3) is 11.0 Å². The molecule has 158 valence electrons. The van der Waals surface area contributed by atoms with Crippen molar-refractivity contribution in [2.45, 2.75) is 45.8 Å². The molecule has 1 N–H and O–H groups in total. The number of hydrogen-bond acceptors (Lipinski definition) is 7. The second kappa shape index (κ2) is 7.39. The van der Waals surface area contributed by atoms with Gasteiger partial charge < -0.3 is 19.2 Å². The van der Waals surface area contributed by atoms with Crippen molar-refractivity contribution in [1.82, 2.24) is 4.98 Å². The molecule has 0 spiro atoms. The van der Waals surface area contributed by atoms with Crippen LogP contribution in [0.4, 0.5) is 5.13 Å². The number of aliphatic hydroxyl groups is 1. The number of anilines is 1. The zero-order valence-electron chi connectivity index (χ0n) is 17.4. The Labute approximate surface area is 179 Å². The topological polar surface area (TPSA) is 75.8 Å². The Kier molecular flexibility index (Phi) is 4.82. The van der Waals surface area contributed by atoms with Crippen LogP contribution in [0.1, 0.15) is 29.5 Å². The summed E-state index contributed by atoms with van der Waals surface area (Å²) in [4.78, 5) is 18.9. The molecular formula is C23H26N2O4S. The van der Waals surface area contributed by atoms with Crippen molar-refractivity contribution in [2.75, 3.05) is 18.0 Å². The van der Waals surface area contributed by atoms with Gasteiger partial charge in [-0.15, -0.1) is 11.3 Å². The van der Waals surface area contributed by atoms with E-state index in [0.717, 1.165) is 47.6 Å². The fourth-order valence-corrected chi connectivity index (χ4v) is 5.65. The molecule has 0 bridgehead atoms. The zero-order valence-corrected chi connectivity index (χ0v) is 18.2. The Morgan fingerprint density at radius 1 is 1.17 bits per heavy atom. The van der Waals surface area contributed by atoms with Gasteiger partial charge in [0, 0.05) is 30.2 Å². The second-order valence-electron chi connectivity index (χ2n) is 8.71. The smallest absolute Gasteiger partial charge is 0.339 e. The maximum absolute atomic E-state index is 12.1. The third kappa shape index (κ3) is 3.30. The van der Waals surface area contributed by atoms with Gasteiger partial charge in [0.1, 0.15) is 17.4 Å². The van der Waals surface area contributed by atoms with Crippen molar-refractivity contribution in [3.63, 3.8) is 0 Å². The van der Waals surface area contributed by atoms with Gasteiger partial charge in [-0.3, -0.25) is 0 Å². The number of rotatable bonds is 3. The first-order valence-corrected chi connectivity index (χ1v) is 11.3. The molecule has 1 aliphatic heterocycles. The van der Waals surface area contributed by atoms with Gasteiger partial charge >= 0.3 is 5.63 Å². The van der Waals surface area contributed by atoms with E-state index in [4.69, 9.17) is 9.15 Å². The number of fused-ring (bicyclic) bond motifs is 2. The number of benzene rings is 1. The van der Waals surface area contributed by atoms with Gasteiger partial charge in [0.15, 0.2) is 5.13 Å². The number of aryl methyl sites for hydroxylation is 2. The van der Waals surface area contributed by atoms with Crippen LogP contribution in [-0.4, -0.2) is 35.4 Å². The van der Waals surface area contributed by atoms with E-state index in [1.807, 2.05) is 37.6 Å². The first kappa shape index (κ1) is 19.6. The van der Waals surface area contributed by atoms with Crippen molar-refractivity contribution in [3.05, 3.63) is 50.8 Å². The summed E-state index contributed by atoms with van der Waals surface area (Å²) in [6.07, 6.45) is 2.58. The van der Waals surface area contributed by atoms with E-state index in [9.17, 15) is 9.90 Å². The Morgan fingerprint density at radius 2 is 1.93 bits per heavy atom. The molecule has 1 aliphatic carbocycles. The Bertz CT molecular complexity index is 1140. The normalized spacial score (nSPS) is 26.2. The Morgan fingerprint density at radius 3 is 2.67 bits per heavy atom. The molecule has 5 rings (SSSR count). The minimum Gasteiger partial charge on any atom is -0.487 e. The van der Waals surface area contributed by atoms with Crippen LogP contribution in [0.5, 0.6) is 5.75 Å². The summed E-state index contributed by atoms with van der Waals surface area (Å²) in [5.74, 6) is 1.62. The van der Waals surface area contributed by atoms with E-state index in [1.54, 1.807) is 18.3 Å². The lowest BCUT2D eigenvalue weighted by atomic mass is 9.78. The third-order valence-electron chi connectivity index (χ3n) is 6.71. The largest absolute Gasteiger partial charge is 0.487 e. The molecule has 4 atom stereocenters. The van der Waals surface area contributed by atoms with Crippen LogP contribution in [0.15, 0.2) is 32.9 Å². The van der Waals surface area contributed by atoms with E-state index in [2.05, 4.69) is 9.88 Å². The van der Waals surface area contributed by atoms with E-state index in [1.165, 1.54) is 0 Å². The number of hydrogen-bond donors (Lipinski definition) is 1. The summed E-state index contributed by atoms with van der Waals surface area (Å²) in [5.41, 5.74) is 2.65. The van der Waals surface area contributed by atoms with Crippen molar-refractivity contribution >= 4 is 27.4 Å². The van der Waals surface area contributed by atoms with Gasteiger partial charge in [-0.25, -0.2) is 9.78 Å². The second-order valence-corrected chi connectivity index (χ2v) is 9.58. The molecule has 6 nitrogen and oxygen atoms in total. The van der Waals surface area contributed by atoms with Crippen molar-refractivity contribution in [3.8, 4) is 5.75 Å². The van der Waals surface area contributed by atoms with Crippen LogP contribution < -0.4 is 15.3 Å². The molecule has 2 aromatic heterocycles. The quantitative estimate of drug-likeness (QED) is 0.642. The molecule has 2 fully saturated rings. The van der Waals surface area contributed by atoms with Crippen LogP contribution in [-0.2, 0) is 0 Å². The lowest BCUT2D eigenvalue weighted by molar-refractivity contribution is -0.0225. The highest BCUT2D eigenvalue weighted by Crippen LogP contribution is 2.41. The number of aliphatic hydroxyl groups excluding tert-OH is 1. The van der Waals surface area contributed by atoms with Crippen molar-refractivity contribution in [1.29, 1.82) is 0 Å². The van der Waals surface area contributed by atoms with Gasteiger partial charge in [-0.1, -0.05) is 0 Å². The predicted octanol–water partition coefficient (Wildman–Crippen LogP) is 3.83. The number of ether oxygens (including phenoxy) is 1. The van der Waals surface area contributed by atoms with E-state index < -0.39 is 6.10 Å². The maximum Gasteiger partial charge on any atom is 0.339 e. The zero-order chi connectivity index (χ0) is 21.0. The molecular weight excluding hydrogens is 400 g/mol. The SMILES string of the molecule is Cc1cc(O[C@@H]2C[C@@H]3CN(c4nccs4)C[C@@H]3C[C@H]2O)c2c(C)c(C)c(=O)oc2c1. The lowest BCUT2D eigenvalue weighted by Gasteiger charge is -2.35. The fraction of sp³-hybridized carbons (Fsp3) is 0.478. The molecule has 1 aromatic carbocycles. The first-order chi connectivity index (χ1) is 14.4. The highest BCUT2D eigenvalue weighted by atomic mass is 32.1. The molecule has 2 aliphatic rings. The van der Waals surface area contributed by atoms with Gasteiger partial charge in [0.05, 0.1) is 11.5 Å². The van der Waals surface area contributed by atoms with Gasteiger partial charge in [0.2, 0.25) is 0 Å². The summed E-state index contributed by atoms with van der Waals surface area (Å²) >= 11 is 1.66. The predicted molar refractivity (Wildman–Crippen MR) is 118 cm³/mol. The van der Waals surface area contributed by atoms with E-state index in [0.29, 0.717) is 28.7 Å². The van der Waals surface area contributed by atoms with Crippen LogP contribution >= 0.6 is 11.3 Å². The molecule has 7 heteroatoms. The van der Waals surface area contributed by atoms with Crippen LogP contribution in [0.3, 0.4) is 0 Å². The molecule has 0 radical (unpaired) electrons. The van der Waals surface area contributed by atoms with Gasteiger partial charge in [-0.05, 0) is 68.7 Å². The molecule has 1 saturated carbocycles. The molecule has 3 heterocycles. The minimum absolute atomic E-state index is 0.279. The number of nitrogens with zero attached hydrogens (tertiary/aromatic N) is 2. The average Bonchev–Trinajstić information content (AvgIpc) is 3.35. The van der Waals surface area contributed by atoms with Crippen LogP contribution in [0, 0.1) is 32.6 Å². The molecule has 3 aromatic rings. The third-order valence-corrected chi connectivity index (χ3v) is 7.54. The molecule has 30 heavy (non-hydrogen) atoms. The van der Waals surface area contributed by atoms with E-state index >= 15 is 0 Å². The lowest BCUT2D eigenvalue weighted by Crippen LogP contribution is -2.42. The Balaban J connectivity index is 1.43. The van der Waals surface area contributed by atoms with Gasteiger partial charge in [-0.2, -0.15) is 0 Å². The van der Waals surface area contributed by atoms with Crippen LogP contribution in [0.2, 0.25) is 0 Å². The standard InChI is InChI=1S/C23H26N2O4S/c1-12-6-19(21-13(2)14(3)22(27)29-20(21)7-12)28-18-9-16-11-25(23-24-4-5-30-23)10-15(16)8-17(18)26/h4-7,15-18,26H,8-11H2,1-3H3/t15-,16+,17+,18+/m0/s1. The van der Waals surface area contributed by atoms with Crippen molar-refractivity contribution < 1.29 is 14.3 Å². The summed E-state index contributed by atoms with van der Waals surface area (Å²) in [6.45, 7) is 7.55. The maximum atomic E-state index is 12.1. The average molecular weight is 427 g/mol. The first-order valence-electron chi connectivity index (χ1n) is 10.4. The molecule has 1 saturated heterocycles. The van der Waals surface area contributed by atoms with Crippen molar-refractivity contribution in [2.24, 2.45) is 11.8 Å². The Hall–Kier alpha value is -2.38. The highest BCUT2D eigenvalue weighted by molar-refractivity contribution is 7.13. The summed E-state index contributed by atoms with van der Waals surface area (Å²) < 4.78 is 12.0. The minimum atomic E-state index is -0.518. The summed E-state index contributed by atoms with van der Waals surface area (Å²) in [6, 6.07) is 3.84. The molecule has 0 amide bonds. The number of thiazole rings is 1. The molecule has 0 unspecified atom stereocenters.